The zero-order chi connectivity index (χ0) is 30.9. The molecule has 0 spiro atoms. The van der Waals surface area contributed by atoms with Gasteiger partial charge in [0.15, 0.2) is 4.90 Å². The Morgan fingerprint density at radius 1 is 1.16 bits per heavy atom. The minimum atomic E-state index is -4.84. The first-order valence-corrected chi connectivity index (χ1v) is 14.8. The molecular weight excluding hydrogens is 611 g/mol. The zero-order valence-corrected chi connectivity index (χ0v) is 24.3. The van der Waals surface area contributed by atoms with E-state index in [2.05, 4.69) is 35.3 Å². The minimum absolute atomic E-state index is 0.0341. The van der Waals surface area contributed by atoms with Crippen molar-refractivity contribution in [1.29, 1.82) is 0 Å². The number of nitrogens with one attached hydrogen (secondary N) is 4. The molecule has 0 aliphatic heterocycles. The van der Waals surface area contributed by atoms with Gasteiger partial charge in [0, 0.05) is 30.3 Å². The van der Waals surface area contributed by atoms with E-state index in [4.69, 9.17) is 11.6 Å². The molecule has 1 amide bonds. The third-order valence-electron chi connectivity index (χ3n) is 6.44. The summed E-state index contributed by atoms with van der Waals surface area (Å²) in [5, 5.41) is 5.38. The second-order valence-corrected chi connectivity index (χ2v) is 11.8. The number of nitrogens with zero attached hydrogens (tertiary/aromatic N) is 3. The molecule has 1 saturated carbocycles. The van der Waals surface area contributed by atoms with Crippen LogP contribution in [0.15, 0.2) is 47.5 Å². The van der Waals surface area contributed by atoms with Crippen LogP contribution in [0.3, 0.4) is 0 Å². The Kier molecular flexibility index (Phi) is 8.46. The maximum absolute atomic E-state index is 14.9. The average molecular weight is 636 g/mol. The van der Waals surface area contributed by atoms with Gasteiger partial charge in [0.2, 0.25) is 5.95 Å². The van der Waals surface area contributed by atoms with Crippen LogP contribution in [0.1, 0.15) is 31.5 Å². The number of methoxy groups -OCH3 is 1. The largest absolute Gasteiger partial charge is 0.453 e. The lowest BCUT2D eigenvalue weighted by Gasteiger charge is -2.15. The number of halogens is 4. The number of sulfonamides is 1. The lowest BCUT2D eigenvalue weighted by atomic mass is 10.1. The molecule has 226 valence electrons. The summed E-state index contributed by atoms with van der Waals surface area (Å²) in [6.07, 6.45) is 2.65. The third-order valence-corrected chi connectivity index (χ3v) is 8.26. The first-order chi connectivity index (χ1) is 20.5. The first kappa shape index (κ1) is 30.1. The van der Waals surface area contributed by atoms with E-state index in [0.29, 0.717) is 11.5 Å². The summed E-state index contributed by atoms with van der Waals surface area (Å²) >= 11 is 6.60. The molecule has 4 N–H and O–H groups in total. The summed E-state index contributed by atoms with van der Waals surface area (Å²) in [6.45, 7) is 2.01. The summed E-state index contributed by atoms with van der Waals surface area (Å²) in [4.78, 5) is 26.8. The number of ether oxygens (including phenoxy) is 1. The van der Waals surface area contributed by atoms with E-state index in [1.165, 1.54) is 13.3 Å². The fourth-order valence-electron chi connectivity index (χ4n) is 4.23. The van der Waals surface area contributed by atoms with E-state index >= 15 is 0 Å². The number of carbonyl (C=O) groups excluding carboxylic acids is 1. The fraction of sp³-hybridized carbons (Fsp3) is 0.259. The molecule has 4 aromatic rings. The van der Waals surface area contributed by atoms with E-state index in [1.54, 1.807) is 13.0 Å². The van der Waals surface area contributed by atoms with Gasteiger partial charge in [0.1, 0.15) is 29.0 Å². The standard InChI is InChI=1S/C27H25ClF3N7O4S/c1-13(34-27(39)42-2)12-33-26-32-9-8-19(35-26)23-22(36-25(37-23)14-6-7-14)16-10-15(29)11-20(21(16)28)38-43(40,41)24-17(30)4-3-5-18(24)31/h3-5,8-11,13-14,38H,6-7,12H2,1-2H3,(H,34,39)(H,36,37)(H,32,33,35)/t13-/m0/s1. The van der Waals surface area contributed by atoms with Crippen molar-refractivity contribution >= 4 is 39.4 Å². The monoisotopic (exact) mass is 635 g/mol. The molecule has 1 aliphatic carbocycles. The highest BCUT2D eigenvalue weighted by Gasteiger charge is 2.31. The summed E-state index contributed by atoms with van der Waals surface area (Å²) < 4.78 is 75.9. The number of imidazole rings is 1. The summed E-state index contributed by atoms with van der Waals surface area (Å²) in [7, 11) is -3.59. The molecule has 1 fully saturated rings. The number of amides is 1. The lowest BCUT2D eigenvalue weighted by molar-refractivity contribution is 0.168. The van der Waals surface area contributed by atoms with Crippen LogP contribution in [0, 0.1) is 17.5 Å². The smallest absolute Gasteiger partial charge is 0.407 e. The number of aromatic amines is 1. The Hall–Kier alpha value is -4.37. The van der Waals surface area contributed by atoms with Crippen molar-refractivity contribution in [3.63, 3.8) is 0 Å². The SMILES string of the molecule is COC(=O)N[C@@H](C)CNc1nccc(-c2nc(C3CC3)[nH]c2-c2cc(F)cc(NS(=O)(=O)c3c(F)cccc3F)c2Cl)n1. The summed E-state index contributed by atoms with van der Waals surface area (Å²) in [5.74, 6) is -2.58. The van der Waals surface area contributed by atoms with Crippen LogP contribution >= 0.6 is 11.6 Å². The van der Waals surface area contributed by atoms with Gasteiger partial charge in [-0.3, -0.25) is 4.72 Å². The molecule has 1 atom stereocenters. The second-order valence-electron chi connectivity index (χ2n) is 9.77. The second kappa shape index (κ2) is 12.1. The van der Waals surface area contributed by atoms with Gasteiger partial charge >= 0.3 is 6.09 Å². The number of rotatable bonds is 10. The quantitative estimate of drug-likeness (QED) is 0.180. The van der Waals surface area contributed by atoms with Crippen molar-refractivity contribution in [1.82, 2.24) is 25.3 Å². The van der Waals surface area contributed by atoms with Crippen LogP contribution in [0.4, 0.5) is 29.6 Å². The number of aromatic nitrogens is 4. The Morgan fingerprint density at radius 3 is 2.56 bits per heavy atom. The lowest BCUT2D eigenvalue weighted by Crippen LogP contribution is -2.37. The van der Waals surface area contributed by atoms with Crippen LogP contribution < -0.4 is 15.4 Å². The van der Waals surface area contributed by atoms with Crippen LogP contribution in [0.5, 0.6) is 0 Å². The fourth-order valence-corrected chi connectivity index (χ4v) is 5.74. The Bertz CT molecular complexity index is 1780. The van der Waals surface area contributed by atoms with Gasteiger partial charge in [-0.05, 0) is 50.1 Å². The number of carbonyl (C=O) groups is 1. The van der Waals surface area contributed by atoms with E-state index in [1.807, 2.05) is 4.72 Å². The van der Waals surface area contributed by atoms with Crippen LogP contribution in [0.25, 0.3) is 22.6 Å². The molecule has 2 aromatic heterocycles. The van der Waals surface area contributed by atoms with Crippen molar-refractivity contribution in [3.8, 4) is 22.6 Å². The Labute approximate surface area is 249 Å². The first-order valence-electron chi connectivity index (χ1n) is 12.9. The van der Waals surface area contributed by atoms with Gasteiger partial charge in [-0.2, -0.15) is 0 Å². The summed E-state index contributed by atoms with van der Waals surface area (Å²) in [6, 6.07) is 5.72. The molecule has 5 rings (SSSR count). The predicted molar refractivity (Wildman–Crippen MR) is 153 cm³/mol. The highest BCUT2D eigenvalue weighted by molar-refractivity contribution is 7.92. The maximum Gasteiger partial charge on any atom is 0.407 e. The van der Waals surface area contributed by atoms with Crippen molar-refractivity contribution in [2.45, 2.75) is 36.6 Å². The number of benzene rings is 2. The van der Waals surface area contributed by atoms with Gasteiger partial charge in [-0.15, -0.1) is 0 Å². The molecule has 16 heteroatoms. The number of alkyl carbamates (subject to hydrolysis) is 1. The molecule has 0 saturated heterocycles. The minimum Gasteiger partial charge on any atom is -0.453 e. The molecule has 0 bridgehead atoms. The van der Waals surface area contributed by atoms with E-state index in [-0.39, 0.29) is 46.4 Å². The predicted octanol–water partition coefficient (Wildman–Crippen LogP) is 5.44. The average Bonchev–Trinajstić information content (AvgIpc) is 3.71. The van der Waals surface area contributed by atoms with Crippen LogP contribution in [0.2, 0.25) is 5.02 Å². The third kappa shape index (κ3) is 6.67. The molecule has 0 unspecified atom stereocenters. The van der Waals surface area contributed by atoms with Gasteiger partial charge in [-0.25, -0.2) is 41.3 Å². The molecule has 0 radical (unpaired) electrons. The molecule has 2 aromatic carbocycles. The van der Waals surface area contributed by atoms with Gasteiger partial charge in [-0.1, -0.05) is 17.7 Å². The highest BCUT2D eigenvalue weighted by atomic mass is 35.5. The van der Waals surface area contributed by atoms with Crippen molar-refractivity contribution in [2.24, 2.45) is 0 Å². The molecule has 43 heavy (non-hydrogen) atoms. The summed E-state index contributed by atoms with van der Waals surface area (Å²) in [5.41, 5.74) is 0.459. The van der Waals surface area contributed by atoms with Gasteiger partial charge < -0.3 is 20.4 Å². The van der Waals surface area contributed by atoms with Gasteiger partial charge in [0.25, 0.3) is 10.0 Å². The molecule has 1 aliphatic rings. The topological polar surface area (TPSA) is 151 Å². The highest BCUT2D eigenvalue weighted by Crippen LogP contribution is 2.44. The number of anilines is 2. The van der Waals surface area contributed by atoms with E-state index in [0.717, 1.165) is 43.2 Å². The normalized spacial score (nSPS) is 13.8. The van der Waals surface area contributed by atoms with E-state index in [9.17, 15) is 26.4 Å². The van der Waals surface area contributed by atoms with E-state index < -0.39 is 44.2 Å². The van der Waals surface area contributed by atoms with Crippen LogP contribution in [-0.2, 0) is 14.8 Å². The molecule has 2 heterocycles. The maximum atomic E-state index is 14.9. The number of H-pyrrole nitrogens is 1. The zero-order valence-electron chi connectivity index (χ0n) is 22.7. The van der Waals surface area contributed by atoms with Crippen molar-refractivity contribution in [3.05, 3.63) is 70.9 Å². The Morgan fingerprint density at radius 2 is 1.88 bits per heavy atom. The number of hydrogen-bond acceptors (Lipinski definition) is 8. The number of hydrogen-bond donors (Lipinski definition) is 4. The van der Waals surface area contributed by atoms with Crippen molar-refractivity contribution < 1.29 is 31.1 Å². The van der Waals surface area contributed by atoms with Gasteiger partial charge in [0.05, 0.1) is 29.2 Å². The van der Waals surface area contributed by atoms with Crippen molar-refractivity contribution in [2.75, 3.05) is 23.7 Å². The Balaban J connectivity index is 1.51. The van der Waals surface area contributed by atoms with Crippen LogP contribution in [-0.4, -0.2) is 54.1 Å². The molecule has 11 nitrogen and oxygen atoms in total. The molecular formula is C27H25ClF3N7O4S.